The first-order chi connectivity index (χ1) is 11.9. The topological polar surface area (TPSA) is 77.6 Å². The predicted molar refractivity (Wildman–Crippen MR) is 96.1 cm³/mol. The van der Waals surface area contributed by atoms with Gasteiger partial charge in [-0.3, -0.25) is 14.0 Å². The largest absolute Gasteiger partial charge is 0.497 e. The fourth-order valence-corrected chi connectivity index (χ4v) is 2.89. The monoisotopic (exact) mass is 342 g/mol. The second-order valence-corrected chi connectivity index (χ2v) is 6.18. The normalized spacial score (nSPS) is 12.5. The first kappa shape index (κ1) is 17.0. The van der Waals surface area contributed by atoms with Gasteiger partial charge in [0.25, 0.3) is 5.56 Å². The molecule has 3 aromatic rings. The van der Waals surface area contributed by atoms with Crippen molar-refractivity contribution in [2.24, 2.45) is 0 Å². The molecule has 0 saturated carbocycles. The highest BCUT2D eigenvalue weighted by molar-refractivity contribution is 5.88. The fraction of sp³-hybridized carbons (Fsp3) is 0.389. The molecule has 0 bridgehead atoms. The highest BCUT2D eigenvalue weighted by Gasteiger charge is 2.15. The van der Waals surface area contributed by atoms with E-state index >= 15 is 0 Å². The average molecular weight is 342 g/mol. The maximum Gasteiger partial charge on any atom is 0.291 e. The van der Waals surface area contributed by atoms with E-state index in [1.807, 2.05) is 39.0 Å². The molecule has 2 heterocycles. The van der Waals surface area contributed by atoms with E-state index < -0.39 is 0 Å². The van der Waals surface area contributed by atoms with E-state index in [9.17, 15) is 9.59 Å². The number of methoxy groups -OCH3 is 1. The molecule has 2 aromatic heterocycles. The summed E-state index contributed by atoms with van der Waals surface area (Å²) in [5, 5.41) is 8.06. The quantitative estimate of drug-likeness (QED) is 0.768. The molecule has 0 fully saturated rings. The Morgan fingerprint density at radius 1 is 1.32 bits per heavy atom. The van der Waals surface area contributed by atoms with E-state index in [2.05, 4.69) is 10.4 Å². The van der Waals surface area contributed by atoms with Gasteiger partial charge >= 0.3 is 0 Å². The van der Waals surface area contributed by atoms with Crippen LogP contribution in [0, 0.1) is 6.92 Å². The predicted octanol–water partition coefficient (Wildman–Crippen LogP) is 1.88. The molecule has 1 amide bonds. The number of benzene rings is 1. The molecule has 1 N–H and O–H groups in total. The number of ether oxygens (including phenoxy) is 1. The van der Waals surface area contributed by atoms with Crippen molar-refractivity contribution in [1.82, 2.24) is 19.5 Å². The summed E-state index contributed by atoms with van der Waals surface area (Å²) in [6.07, 6.45) is 0.831. The summed E-state index contributed by atoms with van der Waals surface area (Å²) in [7, 11) is 1.60. The molecule has 25 heavy (non-hydrogen) atoms. The zero-order valence-electron chi connectivity index (χ0n) is 14.9. The van der Waals surface area contributed by atoms with Gasteiger partial charge in [-0.15, -0.1) is 0 Å². The minimum Gasteiger partial charge on any atom is -0.497 e. The second-order valence-electron chi connectivity index (χ2n) is 6.18. The summed E-state index contributed by atoms with van der Waals surface area (Å²) < 4.78 is 8.27. The number of carbonyl (C=O) groups excluding carboxylic acids is 1. The van der Waals surface area contributed by atoms with E-state index in [-0.39, 0.29) is 24.1 Å². The number of carbonyl (C=O) groups is 1. The smallest absolute Gasteiger partial charge is 0.291 e. The second kappa shape index (κ2) is 6.58. The van der Waals surface area contributed by atoms with Crippen LogP contribution in [0.2, 0.25) is 0 Å². The lowest BCUT2D eigenvalue weighted by Crippen LogP contribution is -2.38. The number of fused-ring (bicyclic) bond motifs is 3. The number of hydrogen-bond donors (Lipinski definition) is 1. The Kier molecular flexibility index (Phi) is 4.48. The van der Waals surface area contributed by atoms with E-state index in [1.165, 1.54) is 4.68 Å². The van der Waals surface area contributed by atoms with Crippen molar-refractivity contribution in [1.29, 1.82) is 0 Å². The standard InChI is InChI=1S/C18H22N4O3/c1-5-11(2)19-17(23)10-21-18(24)16-9-13-8-14(25-4)6-7-15(13)22(16)12(3)20-21/h6-9,11H,5,10H2,1-4H3,(H,19,23). The third-order valence-corrected chi connectivity index (χ3v) is 4.36. The van der Waals surface area contributed by atoms with Crippen LogP contribution in [0.25, 0.3) is 16.4 Å². The maximum absolute atomic E-state index is 12.8. The van der Waals surface area contributed by atoms with E-state index in [0.29, 0.717) is 11.3 Å². The van der Waals surface area contributed by atoms with Crippen molar-refractivity contribution >= 4 is 22.3 Å². The van der Waals surface area contributed by atoms with Crippen molar-refractivity contribution in [3.63, 3.8) is 0 Å². The molecule has 0 aliphatic rings. The number of rotatable bonds is 5. The summed E-state index contributed by atoms with van der Waals surface area (Å²) in [5.41, 5.74) is 1.08. The van der Waals surface area contributed by atoms with Crippen LogP contribution in [-0.4, -0.2) is 33.2 Å². The van der Waals surface area contributed by atoms with Gasteiger partial charge in [-0.05, 0) is 44.5 Å². The lowest BCUT2D eigenvalue weighted by atomic mass is 10.2. The minimum absolute atomic E-state index is 0.0661. The highest BCUT2D eigenvalue weighted by atomic mass is 16.5. The Labute approximate surface area is 145 Å². The van der Waals surface area contributed by atoms with Crippen LogP contribution < -0.4 is 15.6 Å². The summed E-state index contributed by atoms with van der Waals surface area (Å²) in [5.74, 6) is 1.15. The molecule has 0 spiro atoms. The van der Waals surface area contributed by atoms with Crippen molar-refractivity contribution in [2.75, 3.05) is 7.11 Å². The van der Waals surface area contributed by atoms with Gasteiger partial charge in [-0.2, -0.15) is 5.10 Å². The van der Waals surface area contributed by atoms with Gasteiger partial charge in [0.1, 0.15) is 23.6 Å². The first-order valence-electron chi connectivity index (χ1n) is 8.31. The third kappa shape index (κ3) is 3.09. The summed E-state index contributed by atoms with van der Waals surface area (Å²) in [4.78, 5) is 24.9. The van der Waals surface area contributed by atoms with E-state index in [4.69, 9.17) is 4.74 Å². The van der Waals surface area contributed by atoms with Crippen molar-refractivity contribution in [2.45, 2.75) is 39.8 Å². The van der Waals surface area contributed by atoms with Crippen molar-refractivity contribution in [3.8, 4) is 5.75 Å². The first-order valence-corrected chi connectivity index (χ1v) is 8.31. The molecular formula is C18H22N4O3. The van der Waals surface area contributed by atoms with Crippen LogP contribution in [0.15, 0.2) is 29.1 Å². The number of hydrogen-bond acceptors (Lipinski definition) is 4. The SMILES string of the molecule is CCC(C)NC(=O)Cn1nc(C)n2c(cc3cc(OC)ccc32)c1=O. The molecular weight excluding hydrogens is 320 g/mol. The van der Waals surface area contributed by atoms with E-state index in [1.54, 1.807) is 17.6 Å². The summed E-state index contributed by atoms with van der Waals surface area (Å²) in [6.45, 7) is 5.65. The summed E-state index contributed by atoms with van der Waals surface area (Å²) >= 11 is 0. The van der Waals surface area contributed by atoms with Crippen LogP contribution in [-0.2, 0) is 11.3 Å². The van der Waals surface area contributed by atoms with Gasteiger partial charge in [0.2, 0.25) is 5.91 Å². The van der Waals surface area contributed by atoms with Crippen LogP contribution in [0.5, 0.6) is 5.75 Å². The Balaban J connectivity index is 2.08. The Bertz CT molecular complexity index is 1000. The number of nitrogens with one attached hydrogen (secondary N) is 1. The molecule has 1 unspecified atom stereocenters. The molecule has 7 heteroatoms. The van der Waals surface area contributed by atoms with Crippen molar-refractivity contribution < 1.29 is 9.53 Å². The molecule has 1 atom stereocenters. The Hall–Kier alpha value is -2.83. The number of amides is 1. The molecule has 3 rings (SSSR count). The van der Waals surface area contributed by atoms with Crippen molar-refractivity contribution in [3.05, 3.63) is 40.4 Å². The lowest BCUT2D eigenvalue weighted by Gasteiger charge is -2.12. The van der Waals surface area contributed by atoms with Gasteiger partial charge in [0, 0.05) is 11.4 Å². The number of aromatic nitrogens is 3. The van der Waals surface area contributed by atoms with Gasteiger partial charge < -0.3 is 10.1 Å². The van der Waals surface area contributed by atoms with Crippen LogP contribution in [0.4, 0.5) is 0 Å². The van der Waals surface area contributed by atoms with Gasteiger partial charge in [-0.25, -0.2) is 4.68 Å². The lowest BCUT2D eigenvalue weighted by molar-refractivity contribution is -0.122. The van der Waals surface area contributed by atoms with Gasteiger partial charge in [0.15, 0.2) is 0 Å². The zero-order chi connectivity index (χ0) is 18.1. The molecule has 132 valence electrons. The average Bonchev–Trinajstić information content (AvgIpc) is 2.98. The molecule has 0 aliphatic heterocycles. The minimum atomic E-state index is -0.292. The molecule has 7 nitrogen and oxygen atoms in total. The fourth-order valence-electron chi connectivity index (χ4n) is 2.89. The molecule has 0 saturated heterocycles. The molecule has 0 aliphatic carbocycles. The van der Waals surface area contributed by atoms with Crippen LogP contribution >= 0.6 is 0 Å². The van der Waals surface area contributed by atoms with Crippen LogP contribution in [0.3, 0.4) is 0 Å². The molecule has 1 aromatic carbocycles. The van der Waals surface area contributed by atoms with Crippen LogP contribution in [0.1, 0.15) is 26.1 Å². The van der Waals surface area contributed by atoms with E-state index in [0.717, 1.165) is 23.1 Å². The Morgan fingerprint density at radius 3 is 2.76 bits per heavy atom. The maximum atomic E-state index is 12.8. The van der Waals surface area contributed by atoms with Gasteiger partial charge in [-0.1, -0.05) is 6.92 Å². The summed E-state index contributed by atoms with van der Waals surface area (Å²) in [6, 6.07) is 7.49. The Morgan fingerprint density at radius 2 is 2.08 bits per heavy atom. The van der Waals surface area contributed by atoms with Gasteiger partial charge in [0.05, 0.1) is 12.6 Å². The highest BCUT2D eigenvalue weighted by Crippen LogP contribution is 2.24. The number of nitrogens with zero attached hydrogens (tertiary/aromatic N) is 3. The third-order valence-electron chi connectivity index (χ3n) is 4.36. The molecule has 0 radical (unpaired) electrons. The zero-order valence-corrected chi connectivity index (χ0v) is 14.9. The number of aryl methyl sites for hydroxylation is 1.